The molecule has 146 valence electrons. The summed E-state index contributed by atoms with van der Waals surface area (Å²) in [5.74, 6) is 1.48. The van der Waals surface area contributed by atoms with Crippen molar-refractivity contribution in [2.24, 2.45) is 5.73 Å². The molecule has 0 radical (unpaired) electrons. The normalized spacial score (nSPS) is 15.4. The third-order valence-corrected chi connectivity index (χ3v) is 5.91. The molecule has 29 heavy (non-hydrogen) atoms. The van der Waals surface area contributed by atoms with E-state index in [0.29, 0.717) is 5.78 Å². The van der Waals surface area contributed by atoms with Gasteiger partial charge in [-0.2, -0.15) is 4.98 Å². The number of fused-ring (bicyclic) bond motifs is 1. The highest BCUT2D eigenvalue weighted by Gasteiger charge is 2.34. The van der Waals surface area contributed by atoms with Crippen LogP contribution in [0.2, 0.25) is 0 Å². The lowest BCUT2D eigenvalue weighted by Crippen LogP contribution is -2.43. The molecular weight excluding hydrogens is 358 g/mol. The highest BCUT2D eigenvalue weighted by atomic mass is 15.3. The van der Waals surface area contributed by atoms with Crippen molar-refractivity contribution in [3.05, 3.63) is 72.2 Å². The van der Waals surface area contributed by atoms with Crippen LogP contribution in [0.1, 0.15) is 44.0 Å². The van der Waals surface area contributed by atoms with Crippen LogP contribution >= 0.6 is 0 Å². The molecule has 0 saturated heterocycles. The molecule has 0 bridgehead atoms. The zero-order valence-electron chi connectivity index (χ0n) is 16.7. The SMILES string of the molecule is CCCc1nc2nc(-c3ccc(C4(N)CCC4)cc3)c(-c3ccccc3)cn2n1. The van der Waals surface area contributed by atoms with Crippen LogP contribution in [0.15, 0.2) is 60.8 Å². The molecule has 0 unspecified atom stereocenters. The second-order valence-corrected chi connectivity index (χ2v) is 7.98. The Bertz CT molecular complexity index is 1140. The average Bonchev–Trinajstić information content (AvgIpc) is 3.13. The maximum Gasteiger partial charge on any atom is 0.253 e. The number of hydrogen-bond donors (Lipinski definition) is 1. The molecule has 2 heterocycles. The van der Waals surface area contributed by atoms with Gasteiger partial charge in [0, 0.05) is 29.3 Å². The number of rotatable bonds is 5. The van der Waals surface area contributed by atoms with Crippen LogP contribution in [0.5, 0.6) is 0 Å². The van der Waals surface area contributed by atoms with Gasteiger partial charge in [0.25, 0.3) is 5.78 Å². The Morgan fingerprint density at radius 2 is 1.72 bits per heavy atom. The lowest BCUT2D eigenvalue weighted by molar-refractivity contribution is 0.253. The molecule has 2 aromatic carbocycles. The molecule has 1 fully saturated rings. The molecular formula is C24H25N5. The van der Waals surface area contributed by atoms with Crippen molar-refractivity contribution >= 4 is 5.78 Å². The molecule has 1 aliphatic rings. The fourth-order valence-corrected chi connectivity index (χ4v) is 4.05. The van der Waals surface area contributed by atoms with Crippen molar-refractivity contribution in [2.45, 2.75) is 44.6 Å². The van der Waals surface area contributed by atoms with Crippen molar-refractivity contribution in [3.8, 4) is 22.4 Å². The maximum absolute atomic E-state index is 6.50. The van der Waals surface area contributed by atoms with Crippen LogP contribution < -0.4 is 5.73 Å². The number of aromatic nitrogens is 4. The van der Waals surface area contributed by atoms with Crippen LogP contribution in [0.4, 0.5) is 0 Å². The van der Waals surface area contributed by atoms with E-state index in [4.69, 9.17) is 10.7 Å². The summed E-state index contributed by atoms with van der Waals surface area (Å²) >= 11 is 0. The Morgan fingerprint density at radius 3 is 2.38 bits per heavy atom. The minimum atomic E-state index is -0.153. The van der Waals surface area contributed by atoms with Gasteiger partial charge in [-0.25, -0.2) is 9.50 Å². The van der Waals surface area contributed by atoms with Crippen molar-refractivity contribution in [3.63, 3.8) is 0 Å². The fraction of sp³-hybridized carbons (Fsp3) is 0.292. The molecule has 1 aliphatic carbocycles. The van der Waals surface area contributed by atoms with E-state index in [1.54, 1.807) is 4.52 Å². The molecule has 1 saturated carbocycles. The molecule has 0 amide bonds. The van der Waals surface area contributed by atoms with Gasteiger partial charge in [0.05, 0.1) is 5.69 Å². The fourth-order valence-electron chi connectivity index (χ4n) is 4.05. The predicted octanol–water partition coefficient (Wildman–Crippen LogP) is 4.75. The minimum Gasteiger partial charge on any atom is -0.321 e. The van der Waals surface area contributed by atoms with Crippen LogP contribution in [-0.4, -0.2) is 19.6 Å². The summed E-state index contributed by atoms with van der Waals surface area (Å²) < 4.78 is 1.80. The molecule has 2 aromatic heterocycles. The molecule has 4 aromatic rings. The van der Waals surface area contributed by atoms with Crippen LogP contribution in [-0.2, 0) is 12.0 Å². The molecule has 2 N–H and O–H groups in total. The van der Waals surface area contributed by atoms with E-state index in [0.717, 1.165) is 53.9 Å². The van der Waals surface area contributed by atoms with Gasteiger partial charge in [0.1, 0.15) is 0 Å². The van der Waals surface area contributed by atoms with Crippen molar-refractivity contribution < 1.29 is 0 Å². The largest absolute Gasteiger partial charge is 0.321 e. The third kappa shape index (κ3) is 3.21. The van der Waals surface area contributed by atoms with Crippen LogP contribution in [0.3, 0.4) is 0 Å². The molecule has 5 heteroatoms. The van der Waals surface area contributed by atoms with Crippen molar-refractivity contribution in [1.82, 2.24) is 19.6 Å². The Labute approximate surface area is 170 Å². The minimum absolute atomic E-state index is 0.153. The second kappa shape index (κ2) is 7.08. The highest BCUT2D eigenvalue weighted by molar-refractivity contribution is 5.81. The number of benzene rings is 2. The zero-order valence-corrected chi connectivity index (χ0v) is 16.7. The van der Waals surface area contributed by atoms with E-state index < -0.39 is 0 Å². The first kappa shape index (κ1) is 18.0. The van der Waals surface area contributed by atoms with Gasteiger partial charge < -0.3 is 5.73 Å². The quantitative estimate of drug-likeness (QED) is 0.540. The lowest BCUT2D eigenvalue weighted by atomic mass is 9.72. The van der Waals surface area contributed by atoms with E-state index in [-0.39, 0.29) is 5.54 Å². The molecule has 5 rings (SSSR count). The molecule has 0 atom stereocenters. The smallest absolute Gasteiger partial charge is 0.253 e. The Hall–Kier alpha value is -3.05. The summed E-state index contributed by atoms with van der Waals surface area (Å²) in [5, 5.41) is 4.62. The van der Waals surface area contributed by atoms with Crippen molar-refractivity contribution in [2.75, 3.05) is 0 Å². The van der Waals surface area contributed by atoms with Gasteiger partial charge in [-0.05, 0) is 36.8 Å². The summed E-state index contributed by atoms with van der Waals surface area (Å²) in [6.07, 6.45) is 7.24. The summed E-state index contributed by atoms with van der Waals surface area (Å²) in [6, 6.07) is 18.9. The van der Waals surface area contributed by atoms with Crippen LogP contribution in [0.25, 0.3) is 28.2 Å². The molecule has 0 aliphatic heterocycles. The third-order valence-electron chi connectivity index (χ3n) is 5.91. The Morgan fingerprint density at radius 1 is 0.966 bits per heavy atom. The first-order chi connectivity index (χ1) is 14.2. The Kier molecular flexibility index (Phi) is 4.40. The zero-order chi connectivity index (χ0) is 19.8. The van der Waals surface area contributed by atoms with Gasteiger partial charge in [0.15, 0.2) is 5.82 Å². The summed E-state index contributed by atoms with van der Waals surface area (Å²) in [7, 11) is 0. The van der Waals surface area contributed by atoms with Gasteiger partial charge >= 0.3 is 0 Å². The summed E-state index contributed by atoms with van der Waals surface area (Å²) in [4.78, 5) is 9.53. The first-order valence-electron chi connectivity index (χ1n) is 10.4. The van der Waals surface area contributed by atoms with Gasteiger partial charge in [-0.3, -0.25) is 0 Å². The van der Waals surface area contributed by atoms with Gasteiger partial charge in [-0.15, -0.1) is 5.10 Å². The predicted molar refractivity (Wildman–Crippen MR) is 115 cm³/mol. The lowest BCUT2D eigenvalue weighted by Gasteiger charge is -2.38. The van der Waals surface area contributed by atoms with E-state index in [9.17, 15) is 0 Å². The standard InChI is InChI=1S/C24H25N5/c1-2-7-21-26-23-27-22(18-10-12-19(13-11-18)24(25)14-6-15-24)20(16-29(23)28-21)17-8-4-3-5-9-17/h3-5,8-13,16H,2,6-7,14-15,25H2,1H3. The highest BCUT2D eigenvalue weighted by Crippen LogP contribution is 2.39. The van der Waals surface area contributed by atoms with E-state index in [1.807, 2.05) is 24.4 Å². The van der Waals surface area contributed by atoms with E-state index in [1.165, 1.54) is 12.0 Å². The van der Waals surface area contributed by atoms with Gasteiger partial charge in [0.2, 0.25) is 0 Å². The Balaban J connectivity index is 1.64. The molecule has 5 nitrogen and oxygen atoms in total. The van der Waals surface area contributed by atoms with E-state index >= 15 is 0 Å². The average molecular weight is 383 g/mol. The van der Waals surface area contributed by atoms with E-state index in [2.05, 4.69) is 53.4 Å². The second-order valence-electron chi connectivity index (χ2n) is 7.98. The monoisotopic (exact) mass is 383 g/mol. The summed E-state index contributed by atoms with van der Waals surface area (Å²) in [5.41, 5.74) is 11.7. The molecule has 0 spiro atoms. The number of nitrogens with two attached hydrogens (primary N) is 1. The summed E-state index contributed by atoms with van der Waals surface area (Å²) in [6.45, 7) is 2.13. The number of nitrogens with zero attached hydrogens (tertiary/aromatic N) is 4. The van der Waals surface area contributed by atoms with Gasteiger partial charge in [-0.1, -0.05) is 61.5 Å². The van der Waals surface area contributed by atoms with Crippen molar-refractivity contribution in [1.29, 1.82) is 0 Å². The number of hydrogen-bond acceptors (Lipinski definition) is 4. The van der Waals surface area contributed by atoms with Crippen LogP contribution in [0, 0.1) is 0 Å². The number of aryl methyl sites for hydroxylation is 1. The topological polar surface area (TPSA) is 69.1 Å². The maximum atomic E-state index is 6.50. The first-order valence-corrected chi connectivity index (χ1v) is 10.4.